The summed E-state index contributed by atoms with van der Waals surface area (Å²) < 4.78 is -1.20. The third-order valence-corrected chi connectivity index (χ3v) is 0. The number of rotatable bonds is 0. The molecule has 0 saturated heterocycles. The maximum absolute atomic E-state index is 3.33. The summed E-state index contributed by atoms with van der Waals surface area (Å²) in [6, 6.07) is 0. The molecule has 0 heterocycles. The Morgan fingerprint density at radius 1 is 1.20 bits per heavy atom. The lowest BCUT2D eigenvalue weighted by Gasteiger charge is -1.88. The average Bonchev–Trinajstić information content (AvgIpc) is 0.722. The lowest BCUT2D eigenvalue weighted by atomic mass is 28.0. The van der Waals surface area contributed by atoms with Crippen molar-refractivity contribution in [3.8, 4) is 0 Å². The van der Waals surface area contributed by atoms with E-state index < -0.39 is 1.43 Å². The molecule has 32 valence electrons. The molecule has 0 bridgehead atoms. The highest BCUT2D eigenvalue weighted by Gasteiger charge is 2.14. The van der Waals surface area contributed by atoms with Gasteiger partial charge in [0.05, 0.1) is 0 Å². The Kier molecular flexibility index (Phi) is 3.89. The first-order chi connectivity index (χ1) is 2.00. The molecule has 0 radical (unpaired) electrons. The van der Waals surface area contributed by atoms with Crippen molar-refractivity contribution in [3.05, 3.63) is 0 Å². The Morgan fingerprint density at radius 2 is 1.20 bits per heavy atom. The minimum Gasteiger partial charge on any atom is -0.0850 e. The summed E-state index contributed by atoms with van der Waals surface area (Å²) in [4.78, 5) is 0. The molecule has 5 heteroatoms. The van der Waals surface area contributed by atoms with Gasteiger partial charge in [-0.05, 0) is 0 Å². The highest BCUT2D eigenvalue weighted by Crippen LogP contribution is 2.33. The molecule has 0 spiro atoms. The molecule has 0 aliphatic rings. The summed E-state index contributed by atoms with van der Waals surface area (Å²) in [5, 5.41) is 0. The fraction of sp³-hybridized carbons (Fsp3) is 0. The highest BCUT2D eigenvalue weighted by atomic mass is 127. The fourth-order valence-electron chi connectivity index (χ4n) is 0. The van der Waals surface area contributed by atoms with Crippen molar-refractivity contribution in [1.82, 2.24) is 0 Å². The molecule has 0 atom stereocenters. The standard InChI is InChI=1S/Br3ISi/c1-5(2,3)4. The van der Waals surface area contributed by atoms with Crippen LogP contribution >= 0.6 is 67.7 Å². The molecule has 0 amide bonds. The molecule has 0 aromatic carbocycles. The fourth-order valence-corrected chi connectivity index (χ4v) is 0. The van der Waals surface area contributed by atoms with Gasteiger partial charge < -0.3 is 0 Å². The quantitative estimate of drug-likeness (QED) is 0.337. The highest BCUT2D eigenvalue weighted by molar-refractivity contribution is 14.1. The monoisotopic (exact) mass is 392 g/mol. The van der Waals surface area contributed by atoms with Crippen molar-refractivity contribution in [2.75, 3.05) is 0 Å². The van der Waals surface area contributed by atoms with E-state index in [9.17, 15) is 0 Å². The molecule has 0 rings (SSSR count). The van der Waals surface area contributed by atoms with Gasteiger partial charge in [0.25, 0.3) is 0 Å². The smallest absolute Gasteiger partial charge is 0.0850 e. The van der Waals surface area contributed by atoms with E-state index in [1.807, 2.05) is 0 Å². The minimum absolute atomic E-state index is 1.20. The third kappa shape index (κ3) is 21.6. The molecule has 0 aliphatic heterocycles. The van der Waals surface area contributed by atoms with Gasteiger partial charge in [-0.15, -0.1) is 0 Å². The van der Waals surface area contributed by atoms with Crippen molar-refractivity contribution < 1.29 is 0 Å². The van der Waals surface area contributed by atoms with Gasteiger partial charge in [0.15, 0.2) is 0 Å². The van der Waals surface area contributed by atoms with Gasteiger partial charge in [0, 0.05) is 0 Å². The van der Waals surface area contributed by atoms with Crippen molar-refractivity contribution in [3.63, 3.8) is 0 Å². The van der Waals surface area contributed by atoms with Crippen LogP contribution in [0.2, 0.25) is 0 Å². The topological polar surface area (TPSA) is 0 Å². The van der Waals surface area contributed by atoms with Gasteiger partial charge in [-0.1, -0.05) is 67.7 Å². The van der Waals surface area contributed by atoms with Crippen molar-refractivity contribution >= 4 is 69.1 Å². The van der Waals surface area contributed by atoms with Crippen LogP contribution in [0.25, 0.3) is 0 Å². The van der Waals surface area contributed by atoms with Crippen molar-refractivity contribution in [1.29, 1.82) is 0 Å². The molecule has 0 saturated carbocycles. The molecule has 0 N–H and O–H groups in total. The summed E-state index contributed by atoms with van der Waals surface area (Å²) in [7, 11) is 0. The summed E-state index contributed by atoms with van der Waals surface area (Å²) in [5.74, 6) is 0. The normalized spacial score (nSPS) is 12.0. The van der Waals surface area contributed by atoms with Gasteiger partial charge in [0.1, 0.15) is 0 Å². The van der Waals surface area contributed by atoms with E-state index in [1.54, 1.807) is 0 Å². The van der Waals surface area contributed by atoms with Crippen LogP contribution in [-0.4, -0.2) is 1.43 Å². The molecule has 0 aromatic heterocycles. The second-order valence-corrected chi connectivity index (χ2v) is 39.8. The molecule has 0 aromatic rings. The molecular weight excluding hydrogens is 395 g/mol. The van der Waals surface area contributed by atoms with Gasteiger partial charge in [-0.25, -0.2) is 0 Å². The Morgan fingerprint density at radius 3 is 1.20 bits per heavy atom. The maximum atomic E-state index is 3.33. The predicted molar refractivity (Wildman–Crippen MR) is 46.6 cm³/mol. The lowest BCUT2D eigenvalue weighted by Crippen LogP contribution is -1.85. The first-order valence-electron chi connectivity index (χ1n) is 0.756. The zero-order valence-electron chi connectivity index (χ0n) is 2.01. The zero-order chi connectivity index (χ0) is 4.50. The first-order valence-corrected chi connectivity index (χ1v) is 12.6. The van der Waals surface area contributed by atoms with E-state index in [1.165, 1.54) is 0 Å². The van der Waals surface area contributed by atoms with Crippen LogP contribution < -0.4 is 0 Å². The van der Waals surface area contributed by atoms with Gasteiger partial charge in [0.2, 0.25) is 0 Å². The van der Waals surface area contributed by atoms with Crippen LogP contribution in [-0.2, 0) is 0 Å². The molecular formula is Br3ISi. The molecule has 0 fully saturated rings. The van der Waals surface area contributed by atoms with E-state index in [0.29, 0.717) is 0 Å². The van der Waals surface area contributed by atoms with Crippen LogP contribution in [0.5, 0.6) is 0 Å². The van der Waals surface area contributed by atoms with Crippen LogP contribution in [0.15, 0.2) is 0 Å². The van der Waals surface area contributed by atoms with Gasteiger partial charge in [-0.2, -0.15) is 0 Å². The average molecular weight is 395 g/mol. The zero-order valence-corrected chi connectivity index (χ0v) is 9.93. The van der Waals surface area contributed by atoms with E-state index in [0.717, 1.165) is 0 Å². The maximum Gasteiger partial charge on any atom is 0.331 e. The van der Waals surface area contributed by atoms with Gasteiger partial charge in [-0.3, -0.25) is 0 Å². The summed E-state index contributed by atoms with van der Waals surface area (Å²) in [6.07, 6.45) is 0. The first kappa shape index (κ1) is 7.39. The lowest BCUT2D eigenvalue weighted by molar-refractivity contribution is 4.90. The van der Waals surface area contributed by atoms with E-state index >= 15 is 0 Å². The van der Waals surface area contributed by atoms with Crippen molar-refractivity contribution in [2.45, 2.75) is 0 Å². The number of halogens is 4. The predicted octanol–water partition coefficient (Wildman–Crippen LogP) is 3.04. The van der Waals surface area contributed by atoms with E-state index in [2.05, 4.69) is 67.7 Å². The Bertz CT molecular complexity index is 22.4. The Labute approximate surface area is 68.0 Å². The largest absolute Gasteiger partial charge is 0.331 e. The Balaban J connectivity index is 3.02. The molecule has 0 aliphatic carbocycles. The number of hydrogen-bond donors (Lipinski definition) is 0. The second-order valence-electron chi connectivity index (χ2n) is 0.429. The van der Waals surface area contributed by atoms with Gasteiger partial charge >= 0.3 is 1.43 Å². The Hall–Kier alpha value is 2.39. The van der Waals surface area contributed by atoms with Crippen LogP contribution in [0, 0.1) is 0 Å². The summed E-state index contributed by atoms with van der Waals surface area (Å²) >= 11 is 12.3. The molecule has 0 nitrogen and oxygen atoms in total. The van der Waals surface area contributed by atoms with E-state index in [4.69, 9.17) is 0 Å². The van der Waals surface area contributed by atoms with Crippen LogP contribution in [0.1, 0.15) is 0 Å². The summed E-state index contributed by atoms with van der Waals surface area (Å²) in [5.41, 5.74) is 0. The SMILES string of the molecule is Br[Si](Br)(Br)I. The van der Waals surface area contributed by atoms with Crippen LogP contribution in [0.3, 0.4) is 0 Å². The van der Waals surface area contributed by atoms with Crippen LogP contribution in [0.4, 0.5) is 0 Å². The van der Waals surface area contributed by atoms with Crippen molar-refractivity contribution in [2.24, 2.45) is 0 Å². The minimum atomic E-state index is -1.20. The second kappa shape index (κ2) is 2.63. The summed E-state index contributed by atoms with van der Waals surface area (Å²) in [6.45, 7) is 0. The van der Waals surface area contributed by atoms with E-state index in [-0.39, 0.29) is 0 Å². The number of hydrogen-bond acceptors (Lipinski definition) is 0. The molecule has 0 unspecified atom stereocenters. The third-order valence-electron chi connectivity index (χ3n) is 0. The molecule has 5 heavy (non-hydrogen) atoms.